The van der Waals surface area contributed by atoms with Crippen molar-refractivity contribution in [1.82, 2.24) is 15.1 Å². The lowest BCUT2D eigenvalue weighted by atomic mass is 10.00. The minimum atomic E-state index is 0.0152. The van der Waals surface area contributed by atoms with E-state index in [2.05, 4.69) is 22.1 Å². The molecule has 1 heterocycles. The number of likely N-dealkylation sites (N-methyl/N-ethyl adjacent to an activating group) is 1. The van der Waals surface area contributed by atoms with Crippen LogP contribution >= 0.6 is 0 Å². The highest BCUT2D eigenvalue weighted by Gasteiger charge is 2.19. The third-order valence-electron chi connectivity index (χ3n) is 3.54. The molecule has 0 saturated carbocycles. The number of carbonyl (C=O) groups excluding carboxylic acids is 1. The van der Waals surface area contributed by atoms with Gasteiger partial charge in [-0.3, -0.25) is 4.79 Å². The van der Waals surface area contributed by atoms with Gasteiger partial charge in [0, 0.05) is 40.8 Å². The van der Waals surface area contributed by atoms with Gasteiger partial charge in [-0.1, -0.05) is 6.92 Å². The highest BCUT2D eigenvalue weighted by molar-refractivity contribution is 5.84. The summed E-state index contributed by atoms with van der Waals surface area (Å²) in [5, 5.41) is 3.28. The van der Waals surface area contributed by atoms with Crippen LogP contribution in [-0.4, -0.2) is 75.7 Å². The number of likely N-dealkylation sites (tertiary alicyclic amines) is 1. The van der Waals surface area contributed by atoms with Crippen LogP contribution in [0.5, 0.6) is 0 Å². The molecular weight excluding hydrogens is 256 g/mol. The molecule has 0 aliphatic carbocycles. The molecule has 1 saturated heterocycles. The van der Waals surface area contributed by atoms with Crippen molar-refractivity contribution in [1.29, 1.82) is 0 Å². The lowest BCUT2D eigenvalue weighted by molar-refractivity contribution is -0.127. The second kappa shape index (κ2) is 8.79. The molecule has 0 aromatic heterocycles. The maximum Gasteiger partial charge on any atom is 0.243 e. The largest absolute Gasteiger partial charge is 0.383 e. The first kappa shape index (κ1) is 16.8. The Labute approximate surface area is 122 Å². The number of piperidine rings is 1. The van der Waals surface area contributed by atoms with Crippen molar-refractivity contribution in [3.63, 3.8) is 0 Å². The van der Waals surface area contributed by atoms with Crippen molar-refractivity contribution in [2.45, 2.75) is 19.8 Å². The number of ether oxygens (including phenoxy) is 1. The van der Waals surface area contributed by atoms with E-state index in [4.69, 9.17) is 4.74 Å². The molecule has 0 unspecified atom stereocenters. The molecule has 1 N–H and O–H groups in total. The summed E-state index contributed by atoms with van der Waals surface area (Å²) in [6, 6.07) is 0. The number of hydrogen-bond acceptors (Lipinski definition) is 3. The van der Waals surface area contributed by atoms with Gasteiger partial charge < -0.3 is 19.9 Å². The number of guanidine groups is 1. The number of nitrogens with zero attached hydrogens (tertiary/aromatic N) is 3. The van der Waals surface area contributed by atoms with Crippen LogP contribution in [0, 0.1) is 5.92 Å². The summed E-state index contributed by atoms with van der Waals surface area (Å²) >= 11 is 0. The highest BCUT2D eigenvalue weighted by Crippen LogP contribution is 2.15. The molecule has 0 spiro atoms. The van der Waals surface area contributed by atoms with E-state index in [0.29, 0.717) is 13.2 Å². The lowest BCUT2D eigenvalue weighted by Crippen LogP contribution is -2.46. The Morgan fingerprint density at radius 1 is 1.40 bits per heavy atom. The summed E-state index contributed by atoms with van der Waals surface area (Å²) in [5.74, 6) is 1.61. The fourth-order valence-corrected chi connectivity index (χ4v) is 2.04. The summed E-state index contributed by atoms with van der Waals surface area (Å²) < 4.78 is 5.05. The van der Waals surface area contributed by atoms with Gasteiger partial charge in [0.15, 0.2) is 5.96 Å². The molecule has 0 radical (unpaired) electrons. The van der Waals surface area contributed by atoms with Crippen molar-refractivity contribution in [2.75, 3.05) is 54.0 Å². The zero-order valence-electron chi connectivity index (χ0n) is 13.2. The predicted molar refractivity (Wildman–Crippen MR) is 80.8 cm³/mol. The standard InChI is InChI=1S/C14H28N4O2/c1-12-5-8-18(9-6-12)14(15-7-10-20-4)16-11-13(19)17(2)3/h12H,5-11H2,1-4H3,(H,15,16). The first-order valence-corrected chi connectivity index (χ1v) is 7.27. The van der Waals surface area contributed by atoms with Gasteiger partial charge in [0.25, 0.3) is 0 Å². The van der Waals surface area contributed by atoms with Crippen LogP contribution in [0.15, 0.2) is 4.99 Å². The quantitative estimate of drug-likeness (QED) is 0.451. The van der Waals surface area contributed by atoms with Crippen molar-refractivity contribution in [3.05, 3.63) is 0 Å². The van der Waals surface area contributed by atoms with Crippen molar-refractivity contribution < 1.29 is 9.53 Å². The fraction of sp³-hybridized carbons (Fsp3) is 0.857. The maximum absolute atomic E-state index is 11.7. The van der Waals surface area contributed by atoms with Gasteiger partial charge in [-0.15, -0.1) is 0 Å². The van der Waals surface area contributed by atoms with E-state index in [1.807, 2.05) is 0 Å². The third-order valence-corrected chi connectivity index (χ3v) is 3.54. The molecule has 0 atom stereocenters. The molecule has 6 nitrogen and oxygen atoms in total. The van der Waals surface area contributed by atoms with E-state index < -0.39 is 0 Å². The number of rotatable bonds is 5. The third kappa shape index (κ3) is 5.77. The normalized spacial score (nSPS) is 17.2. The van der Waals surface area contributed by atoms with Crippen LogP contribution in [0.2, 0.25) is 0 Å². The van der Waals surface area contributed by atoms with Crippen molar-refractivity contribution >= 4 is 11.9 Å². The van der Waals surface area contributed by atoms with Gasteiger partial charge in [0.05, 0.1) is 6.61 Å². The molecule has 0 bridgehead atoms. The second-order valence-electron chi connectivity index (χ2n) is 5.52. The number of nitrogens with one attached hydrogen (secondary N) is 1. The Morgan fingerprint density at radius 2 is 2.05 bits per heavy atom. The molecule has 1 rings (SSSR count). The van der Waals surface area contributed by atoms with Gasteiger partial charge >= 0.3 is 0 Å². The Morgan fingerprint density at radius 3 is 2.60 bits per heavy atom. The van der Waals surface area contributed by atoms with Crippen LogP contribution < -0.4 is 5.32 Å². The average molecular weight is 284 g/mol. The number of amides is 1. The molecular formula is C14H28N4O2. The Hall–Kier alpha value is -1.30. The van der Waals surface area contributed by atoms with Gasteiger partial charge in [-0.2, -0.15) is 0 Å². The Bertz CT molecular complexity index is 323. The first-order valence-electron chi connectivity index (χ1n) is 7.27. The first-order chi connectivity index (χ1) is 9.54. The average Bonchev–Trinajstić information content (AvgIpc) is 2.43. The van der Waals surface area contributed by atoms with Crippen LogP contribution in [0.3, 0.4) is 0 Å². The summed E-state index contributed by atoms with van der Waals surface area (Å²) in [6.07, 6.45) is 2.35. The van der Waals surface area contributed by atoms with E-state index >= 15 is 0 Å². The topological polar surface area (TPSA) is 57.2 Å². The zero-order valence-corrected chi connectivity index (χ0v) is 13.2. The number of carbonyl (C=O) groups is 1. The van der Waals surface area contributed by atoms with Gasteiger partial charge in [-0.25, -0.2) is 4.99 Å². The second-order valence-corrected chi connectivity index (χ2v) is 5.52. The predicted octanol–water partition coefficient (Wildman–Crippen LogP) is 0.399. The molecule has 1 aliphatic rings. The van der Waals surface area contributed by atoms with Crippen LogP contribution in [0.25, 0.3) is 0 Å². The molecule has 1 aliphatic heterocycles. The summed E-state index contributed by atoms with van der Waals surface area (Å²) in [6.45, 7) is 5.80. The number of aliphatic imine (C=N–C) groups is 1. The Balaban J connectivity index is 2.59. The smallest absolute Gasteiger partial charge is 0.243 e. The summed E-state index contributed by atoms with van der Waals surface area (Å²) in [5.41, 5.74) is 0. The number of methoxy groups -OCH3 is 1. The van der Waals surface area contributed by atoms with Gasteiger partial charge in [-0.05, 0) is 18.8 Å². The van der Waals surface area contributed by atoms with Crippen LogP contribution in [0.1, 0.15) is 19.8 Å². The molecule has 116 valence electrons. The molecule has 6 heteroatoms. The van der Waals surface area contributed by atoms with E-state index in [1.54, 1.807) is 26.1 Å². The highest BCUT2D eigenvalue weighted by atomic mass is 16.5. The Kier molecular flexibility index (Phi) is 7.36. The zero-order chi connectivity index (χ0) is 15.0. The molecule has 20 heavy (non-hydrogen) atoms. The lowest BCUT2D eigenvalue weighted by Gasteiger charge is -2.33. The van der Waals surface area contributed by atoms with Gasteiger partial charge in [0.2, 0.25) is 5.91 Å². The minimum Gasteiger partial charge on any atom is -0.383 e. The van der Waals surface area contributed by atoms with Gasteiger partial charge in [0.1, 0.15) is 6.54 Å². The summed E-state index contributed by atoms with van der Waals surface area (Å²) in [7, 11) is 5.17. The SMILES string of the molecule is COCCNC(=NCC(=O)N(C)C)N1CCC(C)CC1. The molecule has 0 aromatic carbocycles. The van der Waals surface area contributed by atoms with Crippen molar-refractivity contribution in [3.8, 4) is 0 Å². The minimum absolute atomic E-state index is 0.0152. The summed E-state index contributed by atoms with van der Waals surface area (Å²) in [4.78, 5) is 19.9. The van der Waals surface area contributed by atoms with E-state index in [0.717, 1.165) is 25.0 Å². The van der Waals surface area contributed by atoms with E-state index in [9.17, 15) is 4.79 Å². The number of hydrogen-bond donors (Lipinski definition) is 1. The fourth-order valence-electron chi connectivity index (χ4n) is 2.04. The molecule has 0 aromatic rings. The monoisotopic (exact) mass is 284 g/mol. The molecule has 1 fully saturated rings. The van der Waals surface area contributed by atoms with Crippen molar-refractivity contribution in [2.24, 2.45) is 10.9 Å². The van der Waals surface area contributed by atoms with Crippen LogP contribution in [-0.2, 0) is 9.53 Å². The van der Waals surface area contributed by atoms with E-state index in [1.165, 1.54) is 12.8 Å². The van der Waals surface area contributed by atoms with Crippen LogP contribution in [0.4, 0.5) is 0 Å². The van der Waals surface area contributed by atoms with E-state index in [-0.39, 0.29) is 12.5 Å². The molecule has 1 amide bonds. The maximum atomic E-state index is 11.7.